The van der Waals surface area contributed by atoms with Gasteiger partial charge >= 0.3 is 6.18 Å². The zero-order valence-corrected chi connectivity index (χ0v) is 25.4. The summed E-state index contributed by atoms with van der Waals surface area (Å²) in [6.07, 6.45) is -2.70. The fourth-order valence-electron chi connectivity index (χ4n) is 4.61. The van der Waals surface area contributed by atoms with E-state index in [0.29, 0.717) is 52.8 Å². The highest BCUT2D eigenvalue weighted by Crippen LogP contribution is 2.32. The summed E-state index contributed by atoms with van der Waals surface area (Å²) < 4.78 is 60.9. The molecule has 2 aromatic heterocycles. The molecule has 1 fully saturated rings. The minimum Gasteiger partial charge on any atom is -0.495 e. The number of benzene rings is 2. The maximum absolute atomic E-state index is 13.5. The third-order valence-corrected chi connectivity index (χ3v) is 7.32. The fourth-order valence-corrected chi connectivity index (χ4v) is 5.23. The second kappa shape index (κ2) is 15.0. The number of aryl methyl sites for hydroxylation is 1. The van der Waals surface area contributed by atoms with Crippen LogP contribution in [0.3, 0.4) is 0 Å². The SMILES string of the molecule is CC.COc1cc(SNc2cc(C)on2)ccc1NCC#Cc1cc2c(NC3CCOCC3)cccc2n1CC(F)(F)F. The number of methoxy groups -OCH3 is 1. The van der Waals surface area contributed by atoms with E-state index in [1.165, 1.54) is 16.5 Å². The van der Waals surface area contributed by atoms with Crippen molar-refractivity contribution in [3.63, 3.8) is 0 Å². The number of anilines is 3. The van der Waals surface area contributed by atoms with Gasteiger partial charge < -0.3 is 33.9 Å². The summed E-state index contributed by atoms with van der Waals surface area (Å²) in [5.41, 5.74) is 2.30. The Balaban J connectivity index is 0.00000207. The van der Waals surface area contributed by atoms with Gasteiger partial charge in [0, 0.05) is 41.3 Å². The fraction of sp³-hybridized carbons (Fsp3) is 0.387. The molecule has 230 valence electrons. The number of halogens is 3. The number of rotatable bonds is 9. The van der Waals surface area contributed by atoms with Crippen molar-refractivity contribution in [2.45, 2.75) is 57.3 Å². The number of nitrogens with zero attached hydrogens (tertiary/aromatic N) is 2. The van der Waals surface area contributed by atoms with E-state index in [-0.39, 0.29) is 12.6 Å². The molecular formula is C31H36F3N5O3S. The lowest BCUT2D eigenvalue weighted by molar-refractivity contribution is -0.140. The molecule has 3 N–H and O–H groups in total. The highest BCUT2D eigenvalue weighted by atomic mass is 32.2. The number of fused-ring (bicyclic) bond motifs is 1. The van der Waals surface area contributed by atoms with E-state index in [4.69, 9.17) is 14.0 Å². The summed E-state index contributed by atoms with van der Waals surface area (Å²) in [7, 11) is 1.57. The molecule has 0 unspecified atom stereocenters. The lowest BCUT2D eigenvalue weighted by atomic mass is 10.1. The third kappa shape index (κ3) is 8.78. The minimum absolute atomic E-state index is 0.208. The first-order valence-electron chi connectivity index (χ1n) is 14.1. The van der Waals surface area contributed by atoms with Gasteiger partial charge in [-0.05, 0) is 74.0 Å². The predicted octanol–water partition coefficient (Wildman–Crippen LogP) is 7.71. The van der Waals surface area contributed by atoms with Crippen molar-refractivity contribution in [2.24, 2.45) is 0 Å². The number of hydrogen-bond acceptors (Lipinski definition) is 8. The van der Waals surface area contributed by atoms with E-state index < -0.39 is 12.7 Å². The van der Waals surface area contributed by atoms with Crippen LogP contribution in [0.4, 0.5) is 30.4 Å². The summed E-state index contributed by atoms with van der Waals surface area (Å²) in [4.78, 5) is 0.890. The van der Waals surface area contributed by atoms with Crippen LogP contribution < -0.4 is 20.1 Å². The van der Waals surface area contributed by atoms with Gasteiger partial charge in [-0.15, -0.1) is 0 Å². The summed E-state index contributed by atoms with van der Waals surface area (Å²) >= 11 is 1.36. The molecule has 12 heteroatoms. The third-order valence-electron chi connectivity index (χ3n) is 6.52. The van der Waals surface area contributed by atoms with Gasteiger partial charge in [0.15, 0.2) is 5.82 Å². The Hall–Kier alpha value is -3.95. The zero-order chi connectivity index (χ0) is 30.8. The van der Waals surface area contributed by atoms with Gasteiger partial charge in [0.25, 0.3) is 0 Å². The molecule has 1 aliphatic heterocycles. The molecule has 1 saturated heterocycles. The first kappa shape index (κ1) is 32.0. The van der Waals surface area contributed by atoms with Crippen molar-refractivity contribution < 1.29 is 27.2 Å². The van der Waals surface area contributed by atoms with Crippen molar-refractivity contribution in [2.75, 3.05) is 42.2 Å². The van der Waals surface area contributed by atoms with E-state index in [1.807, 2.05) is 45.0 Å². The van der Waals surface area contributed by atoms with E-state index in [0.717, 1.165) is 23.4 Å². The quantitative estimate of drug-likeness (QED) is 0.130. The van der Waals surface area contributed by atoms with Crippen LogP contribution in [-0.4, -0.2) is 48.8 Å². The first-order chi connectivity index (χ1) is 20.8. The maximum Gasteiger partial charge on any atom is 0.406 e. The summed E-state index contributed by atoms with van der Waals surface area (Å²) in [6.45, 7) is 6.23. The number of nitrogens with one attached hydrogen (secondary N) is 3. The monoisotopic (exact) mass is 615 g/mol. The van der Waals surface area contributed by atoms with Gasteiger partial charge in [-0.1, -0.05) is 31.0 Å². The van der Waals surface area contributed by atoms with Crippen molar-refractivity contribution in [1.82, 2.24) is 9.72 Å². The Morgan fingerprint density at radius 2 is 1.88 bits per heavy atom. The predicted molar refractivity (Wildman–Crippen MR) is 166 cm³/mol. The minimum atomic E-state index is -4.39. The summed E-state index contributed by atoms with van der Waals surface area (Å²) in [5.74, 6) is 7.84. The summed E-state index contributed by atoms with van der Waals surface area (Å²) in [5, 5.41) is 11.3. The molecule has 4 aromatic rings. The summed E-state index contributed by atoms with van der Waals surface area (Å²) in [6, 6.07) is 14.7. The van der Waals surface area contributed by atoms with Gasteiger partial charge in [0.05, 0.1) is 30.6 Å². The van der Waals surface area contributed by atoms with Gasteiger partial charge in [-0.3, -0.25) is 0 Å². The Morgan fingerprint density at radius 1 is 1.09 bits per heavy atom. The van der Waals surface area contributed by atoms with Crippen LogP contribution in [0.15, 0.2) is 57.9 Å². The molecule has 2 aromatic carbocycles. The molecule has 1 aliphatic rings. The molecule has 0 atom stereocenters. The Kier molecular flexibility index (Phi) is 11.1. The lowest BCUT2D eigenvalue weighted by Crippen LogP contribution is -2.27. The molecule has 0 radical (unpaired) electrons. The average molecular weight is 616 g/mol. The number of ether oxygens (including phenoxy) is 2. The molecular weight excluding hydrogens is 579 g/mol. The molecule has 43 heavy (non-hydrogen) atoms. The largest absolute Gasteiger partial charge is 0.495 e. The second-order valence-electron chi connectivity index (χ2n) is 9.54. The van der Waals surface area contributed by atoms with E-state index in [2.05, 4.69) is 32.4 Å². The topological polar surface area (TPSA) is 85.5 Å². The normalized spacial score (nSPS) is 13.5. The van der Waals surface area contributed by atoms with Crippen LogP contribution in [0.25, 0.3) is 10.9 Å². The maximum atomic E-state index is 13.5. The molecule has 0 saturated carbocycles. The van der Waals surface area contributed by atoms with Crippen LogP contribution in [0, 0.1) is 18.8 Å². The molecule has 0 amide bonds. The van der Waals surface area contributed by atoms with Crippen molar-refractivity contribution in [1.29, 1.82) is 0 Å². The van der Waals surface area contributed by atoms with E-state index >= 15 is 0 Å². The highest BCUT2D eigenvalue weighted by Gasteiger charge is 2.30. The van der Waals surface area contributed by atoms with Gasteiger partial charge in [-0.2, -0.15) is 13.2 Å². The molecule has 8 nitrogen and oxygen atoms in total. The number of hydrogen-bond donors (Lipinski definition) is 3. The number of alkyl halides is 3. The Bertz CT molecular complexity index is 1550. The molecule has 0 aliphatic carbocycles. The van der Waals surface area contributed by atoms with Crippen LogP contribution in [0.1, 0.15) is 38.1 Å². The van der Waals surface area contributed by atoms with Crippen molar-refractivity contribution in [3.8, 4) is 17.6 Å². The Labute approximate surface area is 253 Å². The first-order valence-corrected chi connectivity index (χ1v) is 14.9. The second-order valence-corrected chi connectivity index (χ2v) is 10.4. The molecule has 0 bridgehead atoms. The standard InChI is InChI=1S/C29H30F3N5O3S.C2H6/c1-19-15-28(35-40-19)36-41-22-8-9-25(27(17-22)38-2)33-12-4-5-21-16-23-24(34-20-10-13-39-14-11-20)6-3-7-26(23)37(21)18-29(30,31)32;1-2/h3,6-9,15-17,20,33-34H,10-14,18H2,1-2H3,(H,35,36);1-2H3. The van der Waals surface area contributed by atoms with Crippen molar-refractivity contribution >= 4 is 40.0 Å². The van der Waals surface area contributed by atoms with E-state index in [9.17, 15) is 13.2 Å². The molecule has 3 heterocycles. The van der Waals surface area contributed by atoms with Crippen LogP contribution in [0.2, 0.25) is 0 Å². The highest BCUT2D eigenvalue weighted by molar-refractivity contribution is 8.00. The van der Waals surface area contributed by atoms with E-state index in [1.54, 1.807) is 31.4 Å². The molecule has 5 rings (SSSR count). The Morgan fingerprint density at radius 3 is 2.58 bits per heavy atom. The van der Waals surface area contributed by atoms with Gasteiger partial charge in [-0.25, -0.2) is 0 Å². The van der Waals surface area contributed by atoms with Crippen LogP contribution >= 0.6 is 11.9 Å². The van der Waals surface area contributed by atoms with Gasteiger partial charge in [0.2, 0.25) is 0 Å². The smallest absolute Gasteiger partial charge is 0.406 e. The molecule has 0 spiro atoms. The average Bonchev–Trinajstić information content (AvgIpc) is 3.58. The van der Waals surface area contributed by atoms with Crippen LogP contribution in [0.5, 0.6) is 5.75 Å². The number of aromatic nitrogens is 2. The van der Waals surface area contributed by atoms with Crippen molar-refractivity contribution in [3.05, 3.63) is 60.0 Å². The van der Waals surface area contributed by atoms with Gasteiger partial charge in [0.1, 0.15) is 18.1 Å². The zero-order valence-electron chi connectivity index (χ0n) is 24.6. The van der Waals surface area contributed by atoms with Crippen LogP contribution in [-0.2, 0) is 11.3 Å². The lowest BCUT2D eigenvalue weighted by Gasteiger charge is -2.24.